The first kappa shape index (κ1) is 15.5. The maximum absolute atomic E-state index is 10.9. The molecule has 6 heteroatoms. The summed E-state index contributed by atoms with van der Waals surface area (Å²) in [5.41, 5.74) is 8.07. The number of nitrogen functional groups attached to an aromatic ring is 1. The lowest BCUT2D eigenvalue weighted by atomic mass is 10.1. The molecule has 2 aromatic carbocycles. The van der Waals surface area contributed by atoms with Gasteiger partial charge in [0.15, 0.2) is 0 Å². The van der Waals surface area contributed by atoms with E-state index in [4.69, 9.17) is 34.0 Å². The molecule has 0 aliphatic carbocycles. The minimum atomic E-state index is -0.987. The number of carboxylic acids is 1. The fourth-order valence-electron chi connectivity index (χ4n) is 1.90. The van der Waals surface area contributed by atoms with Gasteiger partial charge < -0.3 is 16.2 Å². The van der Waals surface area contributed by atoms with Crippen LogP contribution in [-0.2, 0) is 6.42 Å². The molecule has 4 nitrogen and oxygen atoms in total. The number of anilines is 2. The summed E-state index contributed by atoms with van der Waals surface area (Å²) in [4.78, 5) is 10.9. The zero-order valence-corrected chi connectivity index (χ0v) is 12.6. The largest absolute Gasteiger partial charge is 0.478 e. The summed E-state index contributed by atoms with van der Waals surface area (Å²) in [6.45, 7) is 0.578. The van der Waals surface area contributed by atoms with Crippen LogP contribution in [0.5, 0.6) is 0 Å². The van der Waals surface area contributed by atoms with Crippen molar-refractivity contribution in [3.63, 3.8) is 0 Å². The van der Waals surface area contributed by atoms with Crippen LogP contribution in [0.2, 0.25) is 10.0 Å². The van der Waals surface area contributed by atoms with Crippen LogP contribution in [0.1, 0.15) is 15.9 Å². The van der Waals surface area contributed by atoms with Crippen molar-refractivity contribution in [2.45, 2.75) is 6.42 Å². The Balaban J connectivity index is 2.03. The van der Waals surface area contributed by atoms with E-state index in [0.717, 1.165) is 5.56 Å². The number of rotatable bonds is 5. The minimum Gasteiger partial charge on any atom is -0.478 e. The van der Waals surface area contributed by atoms with Crippen LogP contribution in [0.4, 0.5) is 11.4 Å². The van der Waals surface area contributed by atoms with Crippen molar-refractivity contribution in [2.24, 2.45) is 0 Å². The molecule has 2 rings (SSSR count). The molecule has 21 heavy (non-hydrogen) atoms. The van der Waals surface area contributed by atoms with Crippen molar-refractivity contribution in [1.82, 2.24) is 0 Å². The number of halogens is 2. The molecule has 0 amide bonds. The summed E-state index contributed by atoms with van der Waals surface area (Å²) < 4.78 is 0. The van der Waals surface area contributed by atoms with Crippen molar-refractivity contribution in [3.05, 3.63) is 57.6 Å². The number of carboxylic acid groups (broad SMARTS) is 1. The molecule has 0 saturated carbocycles. The van der Waals surface area contributed by atoms with Gasteiger partial charge in [-0.1, -0.05) is 29.3 Å². The summed E-state index contributed by atoms with van der Waals surface area (Å²) in [7, 11) is 0. The Bertz CT molecular complexity index is 675. The number of nitrogens with one attached hydrogen (secondary N) is 1. The zero-order valence-electron chi connectivity index (χ0n) is 11.1. The third-order valence-corrected chi connectivity index (χ3v) is 3.61. The predicted octanol–water partition coefficient (Wildman–Crippen LogP) is 3.93. The Morgan fingerprint density at radius 2 is 1.95 bits per heavy atom. The molecule has 0 spiro atoms. The summed E-state index contributed by atoms with van der Waals surface area (Å²) in [5.74, 6) is -0.987. The molecule has 4 N–H and O–H groups in total. The van der Waals surface area contributed by atoms with E-state index in [2.05, 4.69) is 5.32 Å². The lowest BCUT2D eigenvalue weighted by molar-refractivity contribution is 0.0697. The van der Waals surface area contributed by atoms with Crippen molar-refractivity contribution in [2.75, 3.05) is 17.6 Å². The molecule has 0 fully saturated rings. The van der Waals surface area contributed by atoms with Gasteiger partial charge in [0.2, 0.25) is 0 Å². The average Bonchev–Trinajstić information content (AvgIpc) is 2.43. The van der Waals surface area contributed by atoms with E-state index < -0.39 is 5.97 Å². The zero-order chi connectivity index (χ0) is 15.4. The second-order valence-corrected chi connectivity index (χ2v) is 5.36. The van der Waals surface area contributed by atoms with Gasteiger partial charge in [-0.25, -0.2) is 4.79 Å². The first-order valence-corrected chi connectivity index (χ1v) is 7.03. The quantitative estimate of drug-likeness (QED) is 0.728. The van der Waals surface area contributed by atoms with Crippen LogP contribution >= 0.6 is 23.2 Å². The second kappa shape index (κ2) is 6.70. The number of nitrogens with two attached hydrogens (primary N) is 1. The van der Waals surface area contributed by atoms with Crippen LogP contribution in [0.3, 0.4) is 0 Å². The SMILES string of the molecule is Nc1ccc(C(=O)O)cc1NCCc1ccc(Cl)cc1Cl. The Labute approximate surface area is 132 Å². The van der Waals surface area contributed by atoms with Crippen molar-refractivity contribution >= 4 is 40.5 Å². The van der Waals surface area contributed by atoms with E-state index in [9.17, 15) is 4.79 Å². The average molecular weight is 325 g/mol. The van der Waals surface area contributed by atoms with Crippen LogP contribution in [-0.4, -0.2) is 17.6 Å². The monoisotopic (exact) mass is 324 g/mol. The van der Waals surface area contributed by atoms with Gasteiger partial charge in [-0.05, 0) is 42.3 Å². The molecule has 0 atom stereocenters. The molecule has 0 aliphatic heterocycles. The summed E-state index contributed by atoms with van der Waals surface area (Å²) in [6.07, 6.45) is 0.673. The third kappa shape index (κ3) is 4.03. The molecular formula is C15H14Cl2N2O2. The maximum atomic E-state index is 10.9. The topological polar surface area (TPSA) is 75.4 Å². The van der Waals surface area contributed by atoms with Crippen LogP contribution in [0, 0.1) is 0 Å². The molecular weight excluding hydrogens is 311 g/mol. The molecule has 0 radical (unpaired) electrons. The molecule has 0 saturated heterocycles. The lowest BCUT2D eigenvalue weighted by Gasteiger charge is -2.11. The number of aromatic carboxylic acids is 1. The van der Waals surface area contributed by atoms with Gasteiger partial charge in [-0.2, -0.15) is 0 Å². The van der Waals surface area contributed by atoms with Crippen molar-refractivity contribution in [3.8, 4) is 0 Å². The van der Waals surface area contributed by atoms with E-state index in [1.165, 1.54) is 12.1 Å². The molecule has 0 aliphatic rings. The number of hydrogen-bond acceptors (Lipinski definition) is 3. The van der Waals surface area contributed by atoms with Gasteiger partial charge in [0.05, 0.1) is 16.9 Å². The van der Waals surface area contributed by atoms with E-state index in [-0.39, 0.29) is 5.56 Å². The van der Waals surface area contributed by atoms with E-state index in [0.29, 0.717) is 34.4 Å². The highest BCUT2D eigenvalue weighted by atomic mass is 35.5. The molecule has 0 bridgehead atoms. The first-order chi connectivity index (χ1) is 9.97. The fourth-order valence-corrected chi connectivity index (χ4v) is 2.40. The Morgan fingerprint density at radius 1 is 1.19 bits per heavy atom. The first-order valence-electron chi connectivity index (χ1n) is 6.28. The fraction of sp³-hybridized carbons (Fsp3) is 0.133. The van der Waals surface area contributed by atoms with Crippen LogP contribution in [0.25, 0.3) is 0 Å². The van der Waals surface area contributed by atoms with Gasteiger partial charge in [-0.3, -0.25) is 0 Å². The van der Waals surface area contributed by atoms with E-state index in [1.54, 1.807) is 18.2 Å². The molecule has 110 valence electrons. The van der Waals surface area contributed by atoms with Gasteiger partial charge in [-0.15, -0.1) is 0 Å². The number of benzene rings is 2. The highest BCUT2D eigenvalue weighted by Crippen LogP contribution is 2.23. The number of carbonyl (C=O) groups is 1. The van der Waals surface area contributed by atoms with E-state index >= 15 is 0 Å². The molecule has 2 aromatic rings. The highest BCUT2D eigenvalue weighted by Gasteiger charge is 2.07. The Kier molecular flexibility index (Phi) is 4.94. The molecule has 0 heterocycles. The van der Waals surface area contributed by atoms with E-state index in [1.807, 2.05) is 6.07 Å². The van der Waals surface area contributed by atoms with Gasteiger partial charge in [0, 0.05) is 16.6 Å². The smallest absolute Gasteiger partial charge is 0.335 e. The lowest BCUT2D eigenvalue weighted by Crippen LogP contribution is -2.08. The second-order valence-electron chi connectivity index (χ2n) is 4.52. The van der Waals surface area contributed by atoms with Crippen LogP contribution < -0.4 is 11.1 Å². The Morgan fingerprint density at radius 3 is 2.62 bits per heavy atom. The summed E-state index contributed by atoms with van der Waals surface area (Å²) in [5, 5.41) is 13.3. The summed E-state index contributed by atoms with van der Waals surface area (Å²) >= 11 is 11.9. The Hall–Kier alpha value is -1.91. The highest BCUT2D eigenvalue weighted by molar-refractivity contribution is 6.35. The minimum absolute atomic E-state index is 0.191. The maximum Gasteiger partial charge on any atom is 0.335 e. The van der Waals surface area contributed by atoms with Gasteiger partial charge in [0.25, 0.3) is 0 Å². The normalized spacial score (nSPS) is 10.4. The molecule has 0 unspecified atom stereocenters. The van der Waals surface area contributed by atoms with Crippen molar-refractivity contribution < 1.29 is 9.90 Å². The van der Waals surface area contributed by atoms with Crippen molar-refractivity contribution in [1.29, 1.82) is 0 Å². The third-order valence-electron chi connectivity index (χ3n) is 3.03. The standard InChI is InChI=1S/C15H14Cl2N2O2/c16-11-3-1-9(12(17)8-11)5-6-19-14-7-10(15(20)21)2-4-13(14)18/h1-4,7-8,19H,5-6,18H2,(H,20,21). The predicted molar refractivity (Wildman–Crippen MR) is 86.5 cm³/mol. The van der Waals surface area contributed by atoms with Gasteiger partial charge >= 0.3 is 5.97 Å². The number of hydrogen-bond donors (Lipinski definition) is 3. The van der Waals surface area contributed by atoms with Gasteiger partial charge in [0.1, 0.15) is 0 Å². The summed E-state index contributed by atoms with van der Waals surface area (Å²) in [6, 6.07) is 9.89. The van der Waals surface area contributed by atoms with Crippen LogP contribution in [0.15, 0.2) is 36.4 Å². The molecule has 0 aromatic heterocycles.